The van der Waals surface area contributed by atoms with E-state index < -0.39 is 11.8 Å². The van der Waals surface area contributed by atoms with Gasteiger partial charge < -0.3 is 10.6 Å². The molecule has 0 atom stereocenters. The fourth-order valence-electron chi connectivity index (χ4n) is 0.638. The van der Waals surface area contributed by atoms with Crippen LogP contribution in [0, 0.1) is 0 Å². The molecule has 0 spiro atoms. The molecule has 0 aromatic heterocycles. The molecule has 4 nitrogen and oxygen atoms in total. The van der Waals surface area contributed by atoms with Crippen molar-refractivity contribution in [3.8, 4) is 0 Å². The van der Waals surface area contributed by atoms with Crippen molar-refractivity contribution in [3.05, 3.63) is 0 Å². The highest BCUT2D eigenvalue weighted by Gasteiger charge is 2.10. The first kappa shape index (κ1) is 10.9. The minimum Gasteiger partial charge on any atom is -0.348 e. The number of hydrogen-bond acceptors (Lipinski definition) is 2. The largest absolute Gasteiger partial charge is 0.348 e. The maximum Gasteiger partial charge on any atom is 0.309 e. The van der Waals surface area contributed by atoms with Gasteiger partial charge in [0.05, 0.1) is 0 Å². The molecule has 2 amide bonds. The Kier molecular flexibility index (Phi) is 6.05. The molecule has 0 saturated carbocycles. The van der Waals surface area contributed by atoms with Crippen LogP contribution in [0.4, 0.5) is 0 Å². The zero-order valence-corrected chi connectivity index (χ0v) is 7.64. The van der Waals surface area contributed by atoms with Crippen LogP contribution >= 0.6 is 0 Å². The zero-order valence-electron chi connectivity index (χ0n) is 7.64. The van der Waals surface area contributed by atoms with Crippen LogP contribution < -0.4 is 10.6 Å². The molecule has 0 aromatic rings. The predicted molar refractivity (Wildman–Crippen MR) is 46.6 cm³/mol. The third-order valence-electron chi connectivity index (χ3n) is 1.28. The summed E-state index contributed by atoms with van der Waals surface area (Å²) in [6.45, 7) is 4.98. The summed E-state index contributed by atoms with van der Waals surface area (Å²) >= 11 is 0. The summed E-state index contributed by atoms with van der Waals surface area (Å²) in [5.74, 6) is -1.07. The Bertz CT molecular complexity index is 139. The molecule has 0 rings (SSSR count). The van der Waals surface area contributed by atoms with Gasteiger partial charge in [-0.25, -0.2) is 0 Å². The Labute approximate surface area is 72.7 Å². The standard InChI is InChI=1S/C8H16N2O2/c1-3-5-9-7(11)8(12)10-6-4-2/h3-6H2,1-2H3,(H,9,11)(H,10,12). The number of amides is 2. The minimum absolute atomic E-state index is 0.537. The summed E-state index contributed by atoms with van der Waals surface area (Å²) in [5, 5.41) is 4.98. The molecule has 12 heavy (non-hydrogen) atoms. The minimum atomic E-state index is -0.537. The molecule has 0 bridgehead atoms. The lowest BCUT2D eigenvalue weighted by atomic mass is 10.4. The highest BCUT2D eigenvalue weighted by atomic mass is 16.2. The summed E-state index contributed by atoms with van der Waals surface area (Å²) in [7, 11) is 0. The summed E-state index contributed by atoms with van der Waals surface area (Å²) in [4.78, 5) is 21.8. The number of nitrogens with one attached hydrogen (secondary N) is 2. The molecule has 0 aliphatic heterocycles. The van der Waals surface area contributed by atoms with Crippen molar-refractivity contribution in [1.29, 1.82) is 0 Å². The van der Waals surface area contributed by atoms with Gasteiger partial charge in [0.25, 0.3) is 0 Å². The van der Waals surface area contributed by atoms with Gasteiger partial charge in [0.2, 0.25) is 0 Å². The van der Waals surface area contributed by atoms with Crippen molar-refractivity contribution in [1.82, 2.24) is 10.6 Å². The van der Waals surface area contributed by atoms with E-state index in [0.29, 0.717) is 13.1 Å². The van der Waals surface area contributed by atoms with Crippen LogP contribution in [0.3, 0.4) is 0 Å². The molecule has 0 heterocycles. The Morgan fingerprint density at radius 2 is 1.25 bits per heavy atom. The van der Waals surface area contributed by atoms with E-state index in [1.165, 1.54) is 0 Å². The third kappa shape index (κ3) is 4.71. The van der Waals surface area contributed by atoms with Crippen LogP contribution in [0.25, 0.3) is 0 Å². The van der Waals surface area contributed by atoms with Crippen LogP contribution in [-0.4, -0.2) is 24.9 Å². The number of carbonyl (C=O) groups excluding carboxylic acids is 2. The fraction of sp³-hybridized carbons (Fsp3) is 0.750. The van der Waals surface area contributed by atoms with Crippen LogP contribution in [0.5, 0.6) is 0 Å². The first-order valence-electron chi connectivity index (χ1n) is 4.28. The summed E-state index contributed by atoms with van der Waals surface area (Å²) in [6.07, 6.45) is 1.68. The Morgan fingerprint density at radius 3 is 1.50 bits per heavy atom. The van der Waals surface area contributed by atoms with Gasteiger partial charge in [-0.05, 0) is 12.8 Å². The third-order valence-corrected chi connectivity index (χ3v) is 1.28. The normalized spacial score (nSPS) is 9.17. The van der Waals surface area contributed by atoms with Crippen LogP contribution in [0.15, 0.2) is 0 Å². The molecule has 0 aliphatic carbocycles. The van der Waals surface area contributed by atoms with E-state index in [9.17, 15) is 9.59 Å². The molecule has 70 valence electrons. The van der Waals surface area contributed by atoms with Crippen LogP contribution in [-0.2, 0) is 9.59 Å². The summed E-state index contributed by atoms with van der Waals surface area (Å²) < 4.78 is 0. The summed E-state index contributed by atoms with van der Waals surface area (Å²) in [5.41, 5.74) is 0. The molecule has 0 radical (unpaired) electrons. The van der Waals surface area contributed by atoms with E-state index in [0.717, 1.165) is 12.8 Å². The average molecular weight is 172 g/mol. The van der Waals surface area contributed by atoms with E-state index in [1.54, 1.807) is 0 Å². The monoisotopic (exact) mass is 172 g/mol. The smallest absolute Gasteiger partial charge is 0.309 e. The topological polar surface area (TPSA) is 58.2 Å². The Balaban J connectivity index is 3.55. The van der Waals surface area contributed by atoms with Gasteiger partial charge in [0.15, 0.2) is 0 Å². The number of rotatable bonds is 4. The molecule has 0 aliphatic rings. The van der Waals surface area contributed by atoms with Crippen molar-refractivity contribution in [2.75, 3.05) is 13.1 Å². The van der Waals surface area contributed by atoms with E-state index >= 15 is 0 Å². The van der Waals surface area contributed by atoms with Crippen LogP contribution in [0.1, 0.15) is 26.7 Å². The molecule has 4 heteroatoms. The Morgan fingerprint density at radius 1 is 0.917 bits per heavy atom. The van der Waals surface area contributed by atoms with Gasteiger partial charge in [-0.2, -0.15) is 0 Å². The van der Waals surface area contributed by atoms with Gasteiger partial charge in [-0.15, -0.1) is 0 Å². The SMILES string of the molecule is CCCNC(=O)C(=O)NCCC. The van der Waals surface area contributed by atoms with Gasteiger partial charge in [0.1, 0.15) is 0 Å². The van der Waals surface area contributed by atoms with Gasteiger partial charge in [-0.3, -0.25) is 9.59 Å². The highest BCUT2D eigenvalue weighted by molar-refractivity contribution is 6.35. The molecular formula is C8H16N2O2. The average Bonchev–Trinajstić information content (AvgIpc) is 2.10. The van der Waals surface area contributed by atoms with Gasteiger partial charge in [0, 0.05) is 13.1 Å². The van der Waals surface area contributed by atoms with Gasteiger partial charge >= 0.3 is 11.8 Å². The van der Waals surface area contributed by atoms with Crippen molar-refractivity contribution in [2.24, 2.45) is 0 Å². The summed E-state index contributed by atoms with van der Waals surface area (Å²) in [6, 6.07) is 0. The molecule has 0 saturated heterocycles. The van der Waals surface area contributed by atoms with Gasteiger partial charge in [-0.1, -0.05) is 13.8 Å². The second kappa shape index (κ2) is 6.64. The van der Waals surface area contributed by atoms with Crippen LogP contribution in [0.2, 0.25) is 0 Å². The maximum absolute atomic E-state index is 10.9. The molecule has 0 aromatic carbocycles. The first-order chi connectivity index (χ1) is 5.72. The van der Waals surface area contributed by atoms with Crippen molar-refractivity contribution in [2.45, 2.75) is 26.7 Å². The zero-order chi connectivity index (χ0) is 9.40. The highest BCUT2D eigenvalue weighted by Crippen LogP contribution is 1.74. The molecule has 0 unspecified atom stereocenters. The molecule has 0 fully saturated rings. The lowest BCUT2D eigenvalue weighted by molar-refractivity contribution is -0.139. The quantitative estimate of drug-likeness (QED) is 0.588. The Hall–Kier alpha value is -1.06. The molecule has 2 N–H and O–H groups in total. The lowest BCUT2D eigenvalue weighted by Gasteiger charge is -2.03. The van der Waals surface area contributed by atoms with E-state index in [2.05, 4.69) is 10.6 Å². The second-order valence-corrected chi connectivity index (χ2v) is 2.51. The van der Waals surface area contributed by atoms with Crippen molar-refractivity contribution >= 4 is 11.8 Å². The predicted octanol–water partition coefficient (Wildman–Crippen LogP) is 0.0388. The number of carbonyl (C=O) groups is 2. The number of hydrogen-bond donors (Lipinski definition) is 2. The maximum atomic E-state index is 10.9. The van der Waals surface area contributed by atoms with Crippen molar-refractivity contribution < 1.29 is 9.59 Å². The van der Waals surface area contributed by atoms with E-state index in [4.69, 9.17) is 0 Å². The van der Waals surface area contributed by atoms with Crippen molar-refractivity contribution in [3.63, 3.8) is 0 Å². The van der Waals surface area contributed by atoms with E-state index in [-0.39, 0.29) is 0 Å². The van der Waals surface area contributed by atoms with E-state index in [1.807, 2.05) is 13.8 Å². The lowest BCUT2D eigenvalue weighted by Crippen LogP contribution is -2.40. The molecular weight excluding hydrogens is 156 g/mol. The fourth-order valence-corrected chi connectivity index (χ4v) is 0.638. The second-order valence-electron chi connectivity index (χ2n) is 2.51. The first-order valence-corrected chi connectivity index (χ1v) is 4.28.